The summed E-state index contributed by atoms with van der Waals surface area (Å²) in [7, 11) is 0. The first kappa shape index (κ1) is 14.6. The summed E-state index contributed by atoms with van der Waals surface area (Å²) in [6.45, 7) is 5.90. The molecule has 0 aromatic heterocycles. The zero-order chi connectivity index (χ0) is 14.9. The second-order valence-electron chi connectivity index (χ2n) is 6.28. The van der Waals surface area contributed by atoms with Gasteiger partial charge in [0.05, 0.1) is 6.61 Å². The third-order valence-corrected chi connectivity index (χ3v) is 3.22. The average molecular weight is 281 g/mol. The van der Waals surface area contributed by atoms with E-state index in [0.717, 1.165) is 6.42 Å². The quantitative estimate of drug-likeness (QED) is 0.894. The first-order chi connectivity index (χ1) is 9.26. The zero-order valence-electron chi connectivity index (χ0n) is 11.9. The van der Waals surface area contributed by atoms with Crippen LogP contribution in [0.1, 0.15) is 38.7 Å². The van der Waals surface area contributed by atoms with Crippen molar-refractivity contribution in [2.45, 2.75) is 38.6 Å². The molecule has 0 bridgehead atoms. The summed E-state index contributed by atoms with van der Waals surface area (Å²) in [5.41, 5.74) is 0.260. The average Bonchev–Trinajstić information content (AvgIpc) is 3.07. The molecule has 0 saturated heterocycles. The molecule has 2 atom stereocenters. The summed E-state index contributed by atoms with van der Waals surface area (Å²) >= 11 is 0. The van der Waals surface area contributed by atoms with Crippen molar-refractivity contribution in [1.82, 2.24) is 5.32 Å². The predicted octanol–water partition coefficient (Wildman–Crippen LogP) is 3.16. The molecule has 1 aromatic rings. The highest BCUT2D eigenvalue weighted by atomic mass is 19.1. The van der Waals surface area contributed by atoms with Crippen LogP contribution in [-0.2, 0) is 4.74 Å². The number of phenolic OH excluding ortho intramolecular Hbond substituents is 1. The van der Waals surface area contributed by atoms with Crippen molar-refractivity contribution >= 4 is 6.09 Å². The summed E-state index contributed by atoms with van der Waals surface area (Å²) in [4.78, 5) is 11.5. The van der Waals surface area contributed by atoms with Crippen LogP contribution in [0.3, 0.4) is 0 Å². The molecular weight excluding hydrogens is 261 g/mol. The van der Waals surface area contributed by atoms with E-state index in [1.807, 2.05) is 20.8 Å². The number of nitrogens with one attached hydrogen (secondary N) is 1. The fraction of sp³-hybridized carbons (Fsp3) is 0.533. The van der Waals surface area contributed by atoms with Crippen LogP contribution in [0, 0.1) is 11.7 Å². The van der Waals surface area contributed by atoms with Gasteiger partial charge in [0, 0.05) is 17.0 Å². The maximum atomic E-state index is 13.2. The Hall–Kier alpha value is -1.78. The minimum absolute atomic E-state index is 0.0631. The maximum Gasteiger partial charge on any atom is 0.407 e. The van der Waals surface area contributed by atoms with Crippen molar-refractivity contribution in [3.63, 3.8) is 0 Å². The molecule has 0 spiro atoms. The summed E-state index contributed by atoms with van der Waals surface area (Å²) in [5.74, 6) is -0.0607. The van der Waals surface area contributed by atoms with Gasteiger partial charge in [0.25, 0.3) is 0 Å². The van der Waals surface area contributed by atoms with Gasteiger partial charge in [-0.2, -0.15) is 0 Å². The van der Waals surface area contributed by atoms with Crippen molar-refractivity contribution in [3.8, 4) is 5.75 Å². The molecule has 1 aliphatic carbocycles. The lowest BCUT2D eigenvalue weighted by Crippen LogP contribution is -2.41. The van der Waals surface area contributed by atoms with Crippen molar-refractivity contribution < 1.29 is 19.0 Å². The molecule has 20 heavy (non-hydrogen) atoms. The van der Waals surface area contributed by atoms with Crippen LogP contribution in [0.2, 0.25) is 0 Å². The van der Waals surface area contributed by atoms with Gasteiger partial charge in [0.1, 0.15) is 11.6 Å². The number of ether oxygens (including phenoxy) is 1. The number of aromatic hydroxyl groups is 1. The molecular formula is C15H20FNO3. The van der Waals surface area contributed by atoms with E-state index in [-0.39, 0.29) is 35.5 Å². The summed E-state index contributed by atoms with van der Waals surface area (Å²) in [5, 5.41) is 12.4. The Morgan fingerprint density at radius 3 is 2.85 bits per heavy atom. The number of phenols is 1. The van der Waals surface area contributed by atoms with Gasteiger partial charge in [0.15, 0.2) is 0 Å². The number of hydrogen-bond acceptors (Lipinski definition) is 3. The van der Waals surface area contributed by atoms with Gasteiger partial charge >= 0.3 is 6.09 Å². The maximum absolute atomic E-state index is 13.2. The Balaban J connectivity index is 1.84. The molecule has 0 heterocycles. The van der Waals surface area contributed by atoms with Crippen molar-refractivity contribution in [2.24, 2.45) is 5.92 Å². The van der Waals surface area contributed by atoms with E-state index in [1.165, 1.54) is 18.2 Å². The van der Waals surface area contributed by atoms with E-state index < -0.39 is 6.09 Å². The Bertz CT molecular complexity index is 510. The second kappa shape index (κ2) is 5.31. The first-order valence-electron chi connectivity index (χ1n) is 6.69. The van der Waals surface area contributed by atoms with E-state index in [9.17, 15) is 14.3 Å². The number of rotatable bonds is 3. The smallest absolute Gasteiger partial charge is 0.407 e. The molecule has 1 saturated carbocycles. The van der Waals surface area contributed by atoms with Gasteiger partial charge in [-0.25, -0.2) is 9.18 Å². The summed E-state index contributed by atoms with van der Waals surface area (Å²) < 4.78 is 18.3. The van der Waals surface area contributed by atoms with E-state index in [1.54, 1.807) is 0 Å². The number of carbonyl (C=O) groups is 1. The first-order valence-corrected chi connectivity index (χ1v) is 6.69. The largest absolute Gasteiger partial charge is 0.508 e. The number of alkyl carbamates (subject to hydrolysis) is 1. The topological polar surface area (TPSA) is 58.6 Å². The minimum atomic E-state index is -0.452. The van der Waals surface area contributed by atoms with Gasteiger partial charge in [0.2, 0.25) is 0 Å². The molecule has 2 rings (SSSR count). The van der Waals surface area contributed by atoms with Crippen LogP contribution in [0.4, 0.5) is 9.18 Å². The molecule has 1 aromatic carbocycles. The number of hydrogen-bond donors (Lipinski definition) is 2. The van der Waals surface area contributed by atoms with Crippen LogP contribution < -0.4 is 5.32 Å². The highest BCUT2D eigenvalue weighted by molar-refractivity contribution is 5.68. The summed E-state index contributed by atoms with van der Waals surface area (Å²) in [6, 6.07) is 3.92. The molecule has 1 aliphatic rings. The van der Waals surface area contributed by atoms with Gasteiger partial charge < -0.3 is 15.2 Å². The molecule has 5 heteroatoms. The SMILES string of the molecule is CC(C)(C)NC(=O)OCC1CC1c1cc(F)ccc1O. The third-order valence-electron chi connectivity index (χ3n) is 3.22. The fourth-order valence-electron chi connectivity index (χ4n) is 2.16. The van der Waals surface area contributed by atoms with Crippen molar-refractivity contribution in [3.05, 3.63) is 29.6 Å². The van der Waals surface area contributed by atoms with Crippen LogP contribution in [0.5, 0.6) is 5.75 Å². The Labute approximate surface area is 117 Å². The molecule has 1 amide bonds. The Kier molecular flexibility index (Phi) is 3.88. The van der Waals surface area contributed by atoms with Crippen LogP contribution in [0.15, 0.2) is 18.2 Å². The zero-order valence-corrected chi connectivity index (χ0v) is 11.9. The molecule has 2 unspecified atom stereocenters. The molecule has 0 radical (unpaired) electrons. The van der Waals surface area contributed by atoms with Gasteiger partial charge in [-0.3, -0.25) is 0 Å². The van der Waals surface area contributed by atoms with Crippen molar-refractivity contribution in [1.29, 1.82) is 0 Å². The number of halogens is 1. The lowest BCUT2D eigenvalue weighted by atomic mass is 10.1. The van der Waals surface area contributed by atoms with Crippen LogP contribution in [0.25, 0.3) is 0 Å². The van der Waals surface area contributed by atoms with Crippen LogP contribution >= 0.6 is 0 Å². The minimum Gasteiger partial charge on any atom is -0.508 e. The number of amides is 1. The van der Waals surface area contributed by atoms with Crippen LogP contribution in [-0.4, -0.2) is 23.3 Å². The van der Waals surface area contributed by atoms with Gasteiger partial charge in [-0.1, -0.05) is 0 Å². The van der Waals surface area contributed by atoms with E-state index in [2.05, 4.69) is 5.32 Å². The molecule has 110 valence electrons. The summed E-state index contributed by atoms with van der Waals surface area (Å²) in [6.07, 6.45) is 0.339. The predicted molar refractivity (Wildman–Crippen MR) is 73.1 cm³/mol. The third kappa shape index (κ3) is 3.85. The fourth-order valence-corrected chi connectivity index (χ4v) is 2.16. The van der Waals surface area contributed by atoms with E-state index >= 15 is 0 Å². The van der Waals surface area contributed by atoms with Gasteiger partial charge in [-0.15, -0.1) is 0 Å². The molecule has 0 aliphatic heterocycles. The highest BCUT2D eigenvalue weighted by Crippen LogP contribution is 2.50. The Morgan fingerprint density at radius 2 is 2.20 bits per heavy atom. The Morgan fingerprint density at radius 1 is 1.50 bits per heavy atom. The van der Waals surface area contributed by atoms with Crippen molar-refractivity contribution in [2.75, 3.05) is 6.61 Å². The normalized spacial score (nSPS) is 21.4. The monoisotopic (exact) mass is 281 g/mol. The lowest BCUT2D eigenvalue weighted by molar-refractivity contribution is 0.132. The molecule has 4 nitrogen and oxygen atoms in total. The number of benzene rings is 1. The second-order valence-corrected chi connectivity index (χ2v) is 6.28. The lowest BCUT2D eigenvalue weighted by Gasteiger charge is -2.19. The highest BCUT2D eigenvalue weighted by Gasteiger charge is 2.41. The van der Waals surface area contributed by atoms with E-state index in [4.69, 9.17) is 4.74 Å². The molecule has 1 fully saturated rings. The number of carbonyl (C=O) groups excluding carboxylic acids is 1. The molecule has 2 N–H and O–H groups in total. The standard InChI is InChI=1S/C15H20FNO3/c1-15(2,3)17-14(19)20-8-9-6-11(9)12-7-10(16)4-5-13(12)18/h4-5,7,9,11,18H,6,8H2,1-3H3,(H,17,19). The van der Waals surface area contributed by atoms with E-state index in [0.29, 0.717) is 5.56 Å². The van der Waals surface area contributed by atoms with Gasteiger partial charge in [-0.05, 0) is 51.3 Å².